The van der Waals surface area contributed by atoms with Crippen molar-refractivity contribution in [3.05, 3.63) is 22.7 Å². The van der Waals surface area contributed by atoms with E-state index in [0.717, 1.165) is 30.2 Å². The Balaban J connectivity index is 2.35. The Bertz CT molecular complexity index is 542. The second-order valence-corrected chi connectivity index (χ2v) is 8.23. The number of rotatable bonds is 2. The molecular weight excluding hydrogens is 314 g/mol. The fourth-order valence-electron chi connectivity index (χ4n) is 2.62. The van der Waals surface area contributed by atoms with Crippen LogP contribution in [0.15, 0.2) is 27.6 Å². The summed E-state index contributed by atoms with van der Waals surface area (Å²) < 4.78 is 25.9. The van der Waals surface area contributed by atoms with Crippen molar-refractivity contribution in [3.63, 3.8) is 0 Å². The van der Waals surface area contributed by atoms with Gasteiger partial charge in [0.25, 0.3) is 0 Å². The van der Waals surface area contributed by atoms with Crippen LogP contribution in [0, 0.1) is 5.92 Å². The van der Waals surface area contributed by atoms with E-state index in [0.29, 0.717) is 11.6 Å². The van der Waals surface area contributed by atoms with Gasteiger partial charge in [0.15, 0.2) is 9.84 Å². The lowest BCUT2D eigenvalue weighted by atomic mass is 9.91. The first kappa shape index (κ1) is 13.9. The maximum Gasteiger partial charge on any atom is 0.183 e. The minimum absolute atomic E-state index is 0.273. The molecule has 2 rings (SSSR count). The molecule has 0 saturated heterocycles. The third-order valence-corrected chi connectivity index (χ3v) is 6.39. The lowest BCUT2D eigenvalue weighted by molar-refractivity contribution is 0.382. The highest BCUT2D eigenvalue weighted by Crippen LogP contribution is 2.34. The van der Waals surface area contributed by atoms with Crippen LogP contribution < -0.4 is 5.73 Å². The second-order valence-electron chi connectivity index (χ2n) is 5.12. The van der Waals surface area contributed by atoms with Crippen LogP contribution >= 0.6 is 15.9 Å². The molecule has 0 spiro atoms. The van der Waals surface area contributed by atoms with E-state index in [1.54, 1.807) is 18.2 Å². The molecule has 1 aliphatic rings. The zero-order valence-corrected chi connectivity index (χ0v) is 12.8. The highest BCUT2D eigenvalue weighted by molar-refractivity contribution is 9.10. The van der Waals surface area contributed by atoms with Gasteiger partial charge in [0, 0.05) is 4.47 Å². The van der Waals surface area contributed by atoms with Crippen LogP contribution in [0.3, 0.4) is 0 Å². The molecule has 0 amide bonds. The Morgan fingerprint density at radius 1 is 1.33 bits per heavy atom. The van der Waals surface area contributed by atoms with Crippen LogP contribution in [0.25, 0.3) is 0 Å². The Morgan fingerprint density at radius 2 is 2.06 bits per heavy atom. The van der Waals surface area contributed by atoms with Gasteiger partial charge in [-0.05, 0) is 37.0 Å². The van der Waals surface area contributed by atoms with E-state index in [1.165, 1.54) is 0 Å². The van der Waals surface area contributed by atoms with Gasteiger partial charge in [0.05, 0.1) is 15.8 Å². The number of nitrogen functional groups attached to an aromatic ring is 1. The molecule has 0 bridgehead atoms. The van der Waals surface area contributed by atoms with E-state index in [1.807, 2.05) is 0 Å². The van der Waals surface area contributed by atoms with E-state index < -0.39 is 9.84 Å². The van der Waals surface area contributed by atoms with Crippen molar-refractivity contribution in [1.82, 2.24) is 0 Å². The molecule has 1 fully saturated rings. The third-order valence-electron chi connectivity index (χ3n) is 3.61. The van der Waals surface area contributed by atoms with Gasteiger partial charge in [0.2, 0.25) is 0 Å². The Labute approximate surface area is 117 Å². The Hall–Kier alpha value is -0.550. The van der Waals surface area contributed by atoms with Crippen LogP contribution in [0.1, 0.15) is 32.6 Å². The predicted octanol–water partition coefficient (Wildman–Crippen LogP) is 3.38. The molecule has 3 nitrogen and oxygen atoms in total. The molecule has 1 aromatic rings. The molecule has 5 heteroatoms. The molecule has 1 aliphatic carbocycles. The predicted molar refractivity (Wildman–Crippen MR) is 77.2 cm³/mol. The van der Waals surface area contributed by atoms with Crippen molar-refractivity contribution in [3.8, 4) is 0 Å². The van der Waals surface area contributed by atoms with Crippen molar-refractivity contribution < 1.29 is 8.42 Å². The number of hydrogen-bond donors (Lipinski definition) is 1. The standard InChI is InChI=1S/C13H18BrNO2S/c1-9-3-2-4-11(7-9)18(16,17)13-6-5-10(14)8-12(13)15/h5-6,8-9,11H,2-4,7,15H2,1H3. The zero-order chi connectivity index (χ0) is 13.3. The summed E-state index contributed by atoms with van der Waals surface area (Å²) in [6.45, 7) is 2.12. The van der Waals surface area contributed by atoms with Crippen molar-refractivity contribution in [2.45, 2.75) is 42.8 Å². The fraction of sp³-hybridized carbons (Fsp3) is 0.538. The summed E-state index contributed by atoms with van der Waals surface area (Å²) in [6, 6.07) is 4.99. The normalized spacial score (nSPS) is 25.0. The molecular formula is C13H18BrNO2S. The van der Waals surface area contributed by atoms with Crippen LogP contribution in [0.5, 0.6) is 0 Å². The van der Waals surface area contributed by atoms with Crippen molar-refractivity contribution in [1.29, 1.82) is 0 Å². The fourth-order valence-corrected chi connectivity index (χ4v) is 5.06. The van der Waals surface area contributed by atoms with Gasteiger partial charge in [-0.25, -0.2) is 8.42 Å². The summed E-state index contributed by atoms with van der Waals surface area (Å²) in [7, 11) is -3.29. The van der Waals surface area contributed by atoms with E-state index in [-0.39, 0.29) is 10.1 Å². The molecule has 0 aliphatic heterocycles. The van der Waals surface area contributed by atoms with E-state index in [4.69, 9.17) is 5.73 Å². The third kappa shape index (κ3) is 2.72. The van der Waals surface area contributed by atoms with Crippen LogP contribution in [-0.2, 0) is 9.84 Å². The molecule has 18 heavy (non-hydrogen) atoms. The Kier molecular flexibility index (Phi) is 4.02. The average Bonchev–Trinajstić information content (AvgIpc) is 2.28. The quantitative estimate of drug-likeness (QED) is 0.845. The molecule has 2 unspecified atom stereocenters. The average molecular weight is 332 g/mol. The first-order valence-electron chi connectivity index (χ1n) is 6.20. The van der Waals surface area contributed by atoms with Crippen molar-refractivity contribution in [2.24, 2.45) is 5.92 Å². The molecule has 1 saturated carbocycles. The number of nitrogens with two attached hydrogens (primary N) is 1. The molecule has 0 radical (unpaired) electrons. The first-order chi connectivity index (χ1) is 8.41. The number of halogens is 1. The first-order valence-corrected chi connectivity index (χ1v) is 8.54. The van der Waals surface area contributed by atoms with Crippen molar-refractivity contribution >= 4 is 31.5 Å². The largest absolute Gasteiger partial charge is 0.398 e. The van der Waals surface area contributed by atoms with Crippen molar-refractivity contribution in [2.75, 3.05) is 5.73 Å². The van der Waals surface area contributed by atoms with E-state index >= 15 is 0 Å². The number of sulfone groups is 1. The summed E-state index contributed by atoms with van der Waals surface area (Å²) in [6.07, 6.45) is 3.61. The van der Waals surface area contributed by atoms with E-state index in [2.05, 4.69) is 22.9 Å². The number of benzene rings is 1. The number of hydrogen-bond acceptors (Lipinski definition) is 3. The topological polar surface area (TPSA) is 60.2 Å². The molecule has 0 aromatic heterocycles. The summed E-state index contributed by atoms with van der Waals surface area (Å²) in [5, 5.41) is -0.273. The SMILES string of the molecule is CC1CCCC(S(=O)(=O)c2ccc(Br)cc2N)C1. The van der Waals surface area contributed by atoms with Gasteiger partial charge >= 0.3 is 0 Å². The van der Waals surface area contributed by atoms with Gasteiger partial charge in [-0.2, -0.15) is 0 Å². The van der Waals surface area contributed by atoms with E-state index in [9.17, 15) is 8.42 Å². The van der Waals surface area contributed by atoms with Gasteiger partial charge in [0.1, 0.15) is 0 Å². The lowest BCUT2D eigenvalue weighted by Gasteiger charge is -2.26. The van der Waals surface area contributed by atoms with Gasteiger partial charge in [-0.15, -0.1) is 0 Å². The Morgan fingerprint density at radius 3 is 2.67 bits per heavy atom. The summed E-state index contributed by atoms with van der Waals surface area (Å²) in [4.78, 5) is 0.282. The van der Waals surface area contributed by atoms with Crippen LogP contribution in [0.4, 0.5) is 5.69 Å². The maximum absolute atomic E-state index is 12.6. The number of anilines is 1. The van der Waals surface area contributed by atoms with Crippen LogP contribution in [0.2, 0.25) is 0 Å². The maximum atomic E-state index is 12.6. The molecule has 2 atom stereocenters. The van der Waals surface area contributed by atoms with Crippen LogP contribution in [-0.4, -0.2) is 13.7 Å². The minimum Gasteiger partial charge on any atom is -0.398 e. The summed E-state index contributed by atoms with van der Waals surface area (Å²) >= 11 is 3.29. The second kappa shape index (κ2) is 5.21. The smallest absolute Gasteiger partial charge is 0.183 e. The van der Waals surface area contributed by atoms with Gasteiger partial charge in [-0.3, -0.25) is 0 Å². The molecule has 1 aromatic carbocycles. The monoisotopic (exact) mass is 331 g/mol. The highest BCUT2D eigenvalue weighted by Gasteiger charge is 2.32. The zero-order valence-electron chi connectivity index (χ0n) is 10.4. The lowest BCUT2D eigenvalue weighted by Crippen LogP contribution is -2.28. The highest BCUT2D eigenvalue weighted by atomic mass is 79.9. The van der Waals surface area contributed by atoms with Gasteiger partial charge < -0.3 is 5.73 Å². The van der Waals surface area contributed by atoms with Gasteiger partial charge in [-0.1, -0.05) is 35.7 Å². The summed E-state index contributed by atoms with van der Waals surface area (Å²) in [5.74, 6) is 0.482. The molecule has 2 N–H and O–H groups in total. The minimum atomic E-state index is -3.29. The summed E-state index contributed by atoms with van der Waals surface area (Å²) in [5.41, 5.74) is 6.18. The molecule has 0 heterocycles. The molecule has 100 valence electrons.